The van der Waals surface area contributed by atoms with Gasteiger partial charge in [0.15, 0.2) is 0 Å². The van der Waals surface area contributed by atoms with Crippen LogP contribution in [0.1, 0.15) is 39.9 Å². The second-order valence-corrected chi connectivity index (χ2v) is 8.59. The molecule has 24 heavy (non-hydrogen) atoms. The summed E-state index contributed by atoms with van der Waals surface area (Å²) in [5.74, 6) is -0.245. The number of carbonyl (C=O) groups is 1. The van der Waals surface area contributed by atoms with E-state index in [1.807, 2.05) is 19.1 Å². The number of nitrogens with one attached hydrogen (secondary N) is 1. The fourth-order valence-electron chi connectivity index (χ4n) is 3.11. The van der Waals surface area contributed by atoms with E-state index in [0.717, 1.165) is 42.4 Å². The molecule has 1 aliphatic rings. The molecule has 0 fully saturated rings. The van der Waals surface area contributed by atoms with Gasteiger partial charge in [-0.25, -0.2) is 8.42 Å². The number of aryl methyl sites for hydroxylation is 2. The maximum absolute atomic E-state index is 12.6. The van der Waals surface area contributed by atoms with Crippen molar-refractivity contribution in [2.45, 2.75) is 37.5 Å². The molecule has 0 atom stereocenters. The molecule has 1 aliphatic carbocycles. The van der Waals surface area contributed by atoms with E-state index in [9.17, 15) is 13.2 Å². The van der Waals surface area contributed by atoms with Crippen LogP contribution in [0.5, 0.6) is 0 Å². The number of amides is 1. The molecule has 0 bridgehead atoms. The van der Waals surface area contributed by atoms with Crippen LogP contribution in [-0.4, -0.2) is 14.3 Å². The zero-order valence-electron chi connectivity index (χ0n) is 13.3. The second kappa shape index (κ2) is 6.57. The van der Waals surface area contributed by atoms with Crippen LogP contribution in [0.2, 0.25) is 0 Å². The Morgan fingerprint density at radius 1 is 1.12 bits per heavy atom. The summed E-state index contributed by atoms with van der Waals surface area (Å²) >= 11 is 0. The third kappa shape index (κ3) is 3.47. The number of hydrogen-bond acceptors (Lipinski definition) is 3. The molecule has 2 aromatic rings. The number of benzene rings is 2. The van der Waals surface area contributed by atoms with Crippen molar-refractivity contribution in [1.29, 1.82) is 0 Å². The first kappa shape index (κ1) is 17.0. The molecule has 126 valence electrons. The van der Waals surface area contributed by atoms with Crippen molar-refractivity contribution in [2.24, 2.45) is 0 Å². The van der Waals surface area contributed by atoms with Gasteiger partial charge in [-0.2, -0.15) is 0 Å². The van der Waals surface area contributed by atoms with Gasteiger partial charge in [0.25, 0.3) is 15.0 Å². The number of rotatable bonds is 3. The van der Waals surface area contributed by atoms with E-state index < -0.39 is 9.05 Å². The van der Waals surface area contributed by atoms with Crippen LogP contribution >= 0.6 is 10.7 Å². The fourth-order valence-corrected chi connectivity index (χ4v) is 3.92. The molecule has 0 unspecified atom stereocenters. The van der Waals surface area contributed by atoms with Gasteiger partial charge in [0.05, 0.1) is 4.90 Å². The molecule has 0 saturated heterocycles. The zero-order chi connectivity index (χ0) is 17.3. The molecule has 0 spiro atoms. The van der Waals surface area contributed by atoms with Gasteiger partial charge in [0.1, 0.15) is 0 Å². The number of anilines is 1. The van der Waals surface area contributed by atoms with Gasteiger partial charge in [0, 0.05) is 21.9 Å². The van der Waals surface area contributed by atoms with Gasteiger partial charge in [-0.1, -0.05) is 18.2 Å². The van der Waals surface area contributed by atoms with Crippen LogP contribution in [-0.2, 0) is 21.9 Å². The predicted octanol–water partition coefficient (Wildman–Crippen LogP) is 4.05. The van der Waals surface area contributed by atoms with Gasteiger partial charge in [-0.05, 0) is 67.5 Å². The third-order valence-corrected chi connectivity index (χ3v) is 5.69. The molecule has 1 N–H and O–H groups in total. The lowest BCUT2D eigenvalue weighted by Crippen LogP contribution is -2.17. The second-order valence-electron chi connectivity index (χ2n) is 6.02. The van der Waals surface area contributed by atoms with Crippen molar-refractivity contribution in [3.05, 3.63) is 58.7 Å². The van der Waals surface area contributed by atoms with Crippen LogP contribution in [0.25, 0.3) is 0 Å². The Kier molecular flexibility index (Phi) is 4.65. The monoisotopic (exact) mass is 363 g/mol. The first-order valence-electron chi connectivity index (χ1n) is 7.84. The summed E-state index contributed by atoms with van der Waals surface area (Å²) in [6, 6.07) is 10.4. The summed E-state index contributed by atoms with van der Waals surface area (Å²) in [4.78, 5) is 12.6. The van der Waals surface area contributed by atoms with Crippen molar-refractivity contribution in [2.75, 3.05) is 5.32 Å². The standard InChI is InChI=1S/C18H18ClNO3S/c1-12-6-2-4-8-15(12)18(21)20-17-11-14(24(19,22)23)10-13-7-3-5-9-16(13)17/h2,4,6,8,10-11H,3,5,7,9H2,1H3,(H,20,21). The Hall–Kier alpha value is -1.85. The van der Waals surface area contributed by atoms with Crippen molar-refractivity contribution >= 4 is 31.3 Å². The van der Waals surface area contributed by atoms with E-state index in [1.54, 1.807) is 18.2 Å². The Bertz CT molecular complexity index is 906. The van der Waals surface area contributed by atoms with Crippen LogP contribution in [0.3, 0.4) is 0 Å². The van der Waals surface area contributed by atoms with Gasteiger partial charge in [-0.3, -0.25) is 4.79 Å². The predicted molar refractivity (Wildman–Crippen MR) is 95.3 cm³/mol. The summed E-state index contributed by atoms with van der Waals surface area (Å²) in [5, 5.41) is 2.88. The highest BCUT2D eigenvalue weighted by Gasteiger charge is 2.21. The molecule has 0 aromatic heterocycles. The first-order chi connectivity index (χ1) is 11.4. The Morgan fingerprint density at radius 2 is 1.83 bits per heavy atom. The molecular weight excluding hydrogens is 346 g/mol. The highest BCUT2D eigenvalue weighted by Crippen LogP contribution is 2.32. The number of carbonyl (C=O) groups excluding carboxylic acids is 1. The topological polar surface area (TPSA) is 63.2 Å². The summed E-state index contributed by atoms with van der Waals surface area (Å²) in [6.07, 6.45) is 3.64. The number of hydrogen-bond donors (Lipinski definition) is 1. The molecule has 2 aromatic carbocycles. The third-order valence-electron chi connectivity index (χ3n) is 4.36. The van der Waals surface area contributed by atoms with Crippen LogP contribution < -0.4 is 5.32 Å². The fraction of sp³-hybridized carbons (Fsp3) is 0.278. The maximum atomic E-state index is 12.6. The van der Waals surface area contributed by atoms with Gasteiger partial charge < -0.3 is 5.32 Å². The van der Waals surface area contributed by atoms with Crippen LogP contribution in [0, 0.1) is 6.92 Å². The quantitative estimate of drug-likeness (QED) is 0.836. The maximum Gasteiger partial charge on any atom is 0.261 e. The lowest BCUT2D eigenvalue weighted by atomic mass is 9.90. The Morgan fingerprint density at radius 3 is 2.54 bits per heavy atom. The molecule has 3 rings (SSSR count). The number of halogens is 1. The molecule has 6 heteroatoms. The van der Waals surface area contributed by atoms with E-state index in [1.165, 1.54) is 6.07 Å². The zero-order valence-corrected chi connectivity index (χ0v) is 14.9. The van der Waals surface area contributed by atoms with Crippen molar-refractivity contribution in [1.82, 2.24) is 0 Å². The normalized spacial score (nSPS) is 14.1. The minimum Gasteiger partial charge on any atom is -0.322 e. The summed E-state index contributed by atoms with van der Waals surface area (Å²) < 4.78 is 23.5. The van der Waals surface area contributed by atoms with E-state index in [-0.39, 0.29) is 10.8 Å². The van der Waals surface area contributed by atoms with E-state index in [0.29, 0.717) is 11.3 Å². The molecule has 0 radical (unpaired) electrons. The average Bonchev–Trinajstić information content (AvgIpc) is 2.54. The smallest absolute Gasteiger partial charge is 0.261 e. The molecule has 0 heterocycles. The molecular formula is C18H18ClNO3S. The summed E-state index contributed by atoms with van der Waals surface area (Å²) in [6.45, 7) is 1.87. The van der Waals surface area contributed by atoms with E-state index >= 15 is 0 Å². The van der Waals surface area contributed by atoms with Crippen molar-refractivity contribution < 1.29 is 13.2 Å². The SMILES string of the molecule is Cc1ccccc1C(=O)Nc1cc(S(=O)(=O)Cl)cc2c1CCCC2. The minimum atomic E-state index is -3.85. The van der Waals surface area contributed by atoms with Crippen molar-refractivity contribution in [3.63, 3.8) is 0 Å². The largest absolute Gasteiger partial charge is 0.322 e. The highest BCUT2D eigenvalue weighted by molar-refractivity contribution is 8.13. The van der Waals surface area contributed by atoms with Crippen LogP contribution in [0.4, 0.5) is 5.69 Å². The summed E-state index contributed by atoms with van der Waals surface area (Å²) in [7, 11) is 1.66. The van der Waals surface area contributed by atoms with Crippen LogP contribution in [0.15, 0.2) is 41.3 Å². The minimum absolute atomic E-state index is 0.0323. The summed E-state index contributed by atoms with van der Waals surface area (Å²) in [5.41, 5.74) is 3.93. The van der Waals surface area contributed by atoms with Gasteiger partial charge >= 0.3 is 0 Å². The molecule has 0 saturated carbocycles. The molecule has 4 nitrogen and oxygen atoms in total. The lowest BCUT2D eigenvalue weighted by molar-refractivity contribution is 0.102. The van der Waals surface area contributed by atoms with Gasteiger partial charge in [0.2, 0.25) is 0 Å². The van der Waals surface area contributed by atoms with Crippen molar-refractivity contribution in [3.8, 4) is 0 Å². The Balaban J connectivity index is 2.03. The van der Waals surface area contributed by atoms with E-state index in [2.05, 4.69) is 5.32 Å². The average molecular weight is 364 g/mol. The lowest BCUT2D eigenvalue weighted by Gasteiger charge is -2.21. The highest BCUT2D eigenvalue weighted by atomic mass is 35.7. The molecule has 0 aliphatic heterocycles. The number of fused-ring (bicyclic) bond motifs is 1. The first-order valence-corrected chi connectivity index (χ1v) is 10.1. The molecule has 1 amide bonds. The Labute approximate surface area is 146 Å². The van der Waals surface area contributed by atoms with E-state index in [4.69, 9.17) is 10.7 Å². The van der Waals surface area contributed by atoms with Gasteiger partial charge in [-0.15, -0.1) is 0 Å².